The van der Waals surface area contributed by atoms with Crippen molar-refractivity contribution in [1.82, 2.24) is 9.55 Å². The van der Waals surface area contributed by atoms with Gasteiger partial charge in [0.1, 0.15) is 12.3 Å². The molecule has 0 radical (unpaired) electrons. The molecule has 2 aromatic heterocycles. The second kappa shape index (κ2) is 7.43. The van der Waals surface area contributed by atoms with Crippen LogP contribution in [-0.4, -0.2) is 22.7 Å². The minimum atomic E-state index is -0.731. The van der Waals surface area contributed by atoms with Crippen LogP contribution in [0.1, 0.15) is 25.1 Å². The van der Waals surface area contributed by atoms with Crippen molar-refractivity contribution in [2.45, 2.75) is 25.8 Å². The monoisotopic (exact) mass is 393 g/mol. The predicted octanol–water partition coefficient (Wildman–Crippen LogP) is 3.67. The third-order valence-electron chi connectivity index (χ3n) is 5.09. The maximum Gasteiger partial charge on any atom is 0.249 e. The van der Waals surface area contributed by atoms with E-state index in [9.17, 15) is 4.79 Å². The molecule has 29 heavy (non-hydrogen) atoms. The van der Waals surface area contributed by atoms with Crippen LogP contribution in [0.4, 0.5) is 21.5 Å². The van der Waals surface area contributed by atoms with Crippen LogP contribution in [0.15, 0.2) is 35.4 Å². The third kappa shape index (κ3) is 3.14. The van der Waals surface area contributed by atoms with Crippen LogP contribution < -0.4 is 21.2 Å². The lowest BCUT2D eigenvalue weighted by atomic mass is 10.1. The summed E-state index contributed by atoms with van der Waals surface area (Å²) in [5.74, 6) is -0.470. The van der Waals surface area contributed by atoms with Crippen LogP contribution in [-0.2, 0) is 6.42 Å². The van der Waals surface area contributed by atoms with E-state index in [0.29, 0.717) is 18.7 Å². The van der Waals surface area contributed by atoms with E-state index in [1.54, 1.807) is 10.8 Å². The number of aryl methyl sites for hydroxylation is 1. The van der Waals surface area contributed by atoms with Gasteiger partial charge in [-0.2, -0.15) is 0 Å². The highest BCUT2D eigenvalue weighted by Crippen LogP contribution is 2.43. The van der Waals surface area contributed by atoms with Crippen LogP contribution in [0.5, 0.6) is 5.75 Å². The van der Waals surface area contributed by atoms with Gasteiger partial charge in [-0.3, -0.25) is 4.98 Å². The maximum absolute atomic E-state index is 15.1. The number of benzene rings is 1. The molecule has 0 amide bonds. The Labute approximate surface area is 166 Å². The molecular formula is C21H20FN5O2. The van der Waals surface area contributed by atoms with Gasteiger partial charge in [0.25, 0.3) is 0 Å². The summed E-state index contributed by atoms with van der Waals surface area (Å²) >= 11 is 0. The Kier molecular flexibility index (Phi) is 4.80. The van der Waals surface area contributed by atoms with Gasteiger partial charge in [0.05, 0.1) is 29.2 Å². The predicted molar refractivity (Wildman–Crippen MR) is 110 cm³/mol. The number of anilines is 2. The first kappa shape index (κ1) is 18.7. The van der Waals surface area contributed by atoms with Gasteiger partial charge >= 0.3 is 0 Å². The molecule has 1 atom stereocenters. The average Bonchev–Trinajstić information content (AvgIpc) is 2.73. The van der Waals surface area contributed by atoms with E-state index in [-0.39, 0.29) is 34.2 Å². The summed E-state index contributed by atoms with van der Waals surface area (Å²) in [6, 6.07) is 5.61. The van der Waals surface area contributed by atoms with Gasteiger partial charge in [-0.1, -0.05) is 6.07 Å². The Bertz CT molecular complexity index is 1180. The molecule has 3 N–H and O–H groups in total. The summed E-state index contributed by atoms with van der Waals surface area (Å²) in [7, 11) is 0. The van der Waals surface area contributed by atoms with Crippen LogP contribution in [0.25, 0.3) is 15.7 Å². The number of nitrogens with zero attached hydrogens (tertiary/aromatic N) is 3. The van der Waals surface area contributed by atoms with Crippen molar-refractivity contribution < 1.29 is 9.13 Å². The summed E-state index contributed by atoms with van der Waals surface area (Å²) in [6.45, 7) is 9.93. The largest absolute Gasteiger partial charge is 0.487 e. The SMILES string of the molecule is [C-]#[N+]c1cn2c3c(c(NCCCc4ccccn4)c(F)c(N)c3c1=O)OC[C@@H]2C. The van der Waals surface area contributed by atoms with E-state index in [1.807, 2.05) is 25.1 Å². The summed E-state index contributed by atoms with van der Waals surface area (Å²) in [6.07, 6.45) is 4.71. The Hall–Kier alpha value is -3.60. The second-order valence-corrected chi connectivity index (χ2v) is 7.03. The van der Waals surface area contributed by atoms with Crippen molar-refractivity contribution in [2.24, 2.45) is 0 Å². The van der Waals surface area contributed by atoms with Crippen molar-refractivity contribution in [1.29, 1.82) is 0 Å². The van der Waals surface area contributed by atoms with Gasteiger partial charge in [0, 0.05) is 24.6 Å². The first-order valence-electron chi connectivity index (χ1n) is 9.36. The fourth-order valence-corrected chi connectivity index (χ4v) is 3.60. The number of nitrogens with two attached hydrogens (primary N) is 1. The summed E-state index contributed by atoms with van der Waals surface area (Å²) in [5.41, 5.74) is 6.60. The normalized spacial score (nSPS) is 15.0. The van der Waals surface area contributed by atoms with Crippen molar-refractivity contribution in [3.05, 3.63) is 63.7 Å². The van der Waals surface area contributed by atoms with Crippen molar-refractivity contribution in [2.75, 3.05) is 24.2 Å². The smallest absolute Gasteiger partial charge is 0.249 e. The number of hydrogen-bond acceptors (Lipinski definition) is 5. The van der Waals surface area contributed by atoms with Crippen LogP contribution in [0.2, 0.25) is 0 Å². The summed E-state index contributed by atoms with van der Waals surface area (Å²) < 4.78 is 22.7. The fraction of sp³-hybridized carbons (Fsp3) is 0.286. The molecule has 0 spiro atoms. The first-order chi connectivity index (χ1) is 14.0. The second-order valence-electron chi connectivity index (χ2n) is 7.03. The molecule has 0 aliphatic carbocycles. The molecule has 0 bridgehead atoms. The molecule has 1 aliphatic rings. The van der Waals surface area contributed by atoms with Crippen LogP contribution in [0.3, 0.4) is 0 Å². The molecule has 148 valence electrons. The van der Waals surface area contributed by atoms with E-state index < -0.39 is 11.2 Å². The molecule has 8 heteroatoms. The number of hydrogen-bond donors (Lipinski definition) is 2. The number of ether oxygens (including phenoxy) is 1. The zero-order chi connectivity index (χ0) is 20.5. The number of pyridine rings is 2. The Morgan fingerprint density at radius 3 is 3.03 bits per heavy atom. The topological polar surface area (TPSA) is 86.5 Å². The number of rotatable bonds is 5. The fourth-order valence-electron chi connectivity index (χ4n) is 3.60. The van der Waals surface area contributed by atoms with Gasteiger partial charge in [-0.05, 0) is 31.9 Å². The minimum Gasteiger partial charge on any atom is -0.487 e. The van der Waals surface area contributed by atoms with E-state index in [2.05, 4.69) is 15.1 Å². The molecule has 3 heterocycles. The highest BCUT2D eigenvalue weighted by molar-refractivity contribution is 6.01. The van der Waals surface area contributed by atoms with Crippen molar-refractivity contribution in [3.8, 4) is 5.75 Å². The maximum atomic E-state index is 15.1. The molecule has 7 nitrogen and oxygen atoms in total. The molecule has 1 aromatic carbocycles. The Morgan fingerprint density at radius 2 is 2.31 bits per heavy atom. The highest BCUT2D eigenvalue weighted by atomic mass is 19.1. The molecule has 0 fully saturated rings. The Morgan fingerprint density at radius 1 is 1.48 bits per heavy atom. The molecule has 3 aromatic rings. The number of aromatic nitrogens is 2. The molecule has 4 rings (SSSR count). The van der Waals surface area contributed by atoms with Gasteiger partial charge < -0.3 is 25.1 Å². The molecule has 0 saturated carbocycles. The number of nitrogens with one attached hydrogen (secondary N) is 1. The van der Waals surface area contributed by atoms with Gasteiger partial charge in [-0.15, -0.1) is 0 Å². The molecule has 0 saturated heterocycles. The Balaban J connectivity index is 1.73. The quantitative estimate of drug-likeness (QED) is 0.392. The summed E-state index contributed by atoms with van der Waals surface area (Å²) in [5, 5.41) is 3.07. The van der Waals surface area contributed by atoms with E-state index in [0.717, 1.165) is 18.5 Å². The van der Waals surface area contributed by atoms with E-state index >= 15 is 4.39 Å². The zero-order valence-electron chi connectivity index (χ0n) is 15.9. The number of halogens is 1. The van der Waals surface area contributed by atoms with Crippen molar-refractivity contribution in [3.63, 3.8) is 0 Å². The molecule has 0 unspecified atom stereocenters. The lowest BCUT2D eigenvalue weighted by Gasteiger charge is -2.29. The molecular weight excluding hydrogens is 373 g/mol. The highest BCUT2D eigenvalue weighted by Gasteiger charge is 2.29. The minimum absolute atomic E-state index is 0.00316. The molecule has 1 aliphatic heterocycles. The number of nitrogen functional groups attached to an aromatic ring is 1. The van der Waals surface area contributed by atoms with E-state index in [4.69, 9.17) is 17.0 Å². The zero-order valence-corrected chi connectivity index (χ0v) is 15.9. The third-order valence-corrected chi connectivity index (χ3v) is 5.09. The summed E-state index contributed by atoms with van der Waals surface area (Å²) in [4.78, 5) is 20.2. The lowest BCUT2D eigenvalue weighted by Crippen LogP contribution is -2.25. The van der Waals surface area contributed by atoms with Crippen molar-refractivity contribution >= 4 is 28.0 Å². The van der Waals surface area contributed by atoms with Crippen LogP contribution in [0, 0.1) is 12.4 Å². The standard InChI is InChI=1S/C21H20FN5O2/c1-12-11-29-21-18(26-9-5-7-13-6-3-4-8-25-13)16(22)17(23)15-19(21)27(12)10-14(24-2)20(15)28/h3-4,6,8,10,12,26H,5,7,9,11,23H2,1H3/t12-/m0/s1. The lowest BCUT2D eigenvalue weighted by molar-refractivity contribution is 0.248. The average molecular weight is 393 g/mol. The van der Waals surface area contributed by atoms with Gasteiger partial charge in [-0.25, -0.2) is 9.24 Å². The first-order valence-corrected chi connectivity index (χ1v) is 9.36. The van der Waals surface area contributed by atoms with Gasteiger partial charge in [0.2, 0.25) is 5.69 Å². The van der Waals surface area contributed by atoms with E-state index in [1.165, 1.54) is 6.20 Å². The van der Waals surface area contributed by atoms with Gasteiger partial charge in [0.15, 0.2) is 17.0 Å². The van der Waals surface area contributed by atoms with Crippen LogP contribution >= 0.6 is 0 Å².